The Kier molecular flexibility index (Phi) is 9.11. The van der Waals surface area contributed by atoms with Crippen LogP contribution in [0.1, 0.15) is 32.3 Å². The van der Waals surface area contributed by atoms with E-state index in [1.807, 2.05) is 13.8 Å². The first kappa shape index (κ1) is 23.6. The minimum Gasteiger partial charge on any atom is -0.467 e. The van der Waals surface area contributed by atoms with Crippen LogP contribution in [0.25, 0.3) is 0 Å². The molecule has 9 heteroatoms. The molecule has 1 rings (SSSR count). The number of methoxy groups -OCH3 is 1. The van der Waals surface area contributed by atoms with Crippen LogP contribution in [0.4, 0.5) is 0 Å². The Morgan fingerprint density at radius 3 is 2.29 bits per heavy atom. The van der Waals surface area contributed by atoms with Gasteiger partial charge in [-0.05, 0) is 25.0 Å². The van der Waals surface area contributed by atoms with E-state index in [4.69, 9.17) is 4.74 Å². The van der Waals surface area contributed by atoms with Crippen molar-refractivity contribution in [3.8, 4) is 0 Å². The number of carbonyl (C=O) groups excluding carboxylic acids is 3. The number of ether oxygens (including phenoxy) is 2. The largest absolute Gasteiger partial charge is 0.467 e. The highest BCUT2D eigenvalue weighted by atomic mass is 32.2. The second-order valence-electron chi connectivity index (χ2n) is 6.50. The van der Waals surface area contributed by atoms with Crippen molar-refractivity contribution >= 4 is 27.7 Å². The normalized spacial score (nSPS) is 13.3. The zero-order valence-electron chi connectivity index (χ0n) is 16.6. The highest BCUT2D eigenvalue weighted by Gasteiger charge is 2.27. The summed E-state index contributed by atoms with van der Waals surface area (Å²) in [4.78, 5) is 35.6. The molecule has 2 atom stereocenters. The number of hydrogen-bond acceptors (Lipinski definition) is 7. The number of rotatable bonds is 10. The van der Waals surface area contributed by atoms with Crippen molar-refractivity contribution in [3.63, 3.8) is 0 Å². The summed E-state index contributed by atoms with van der Waals surface area (Å²) in [5, 5.41) is 2.47. The predicted molar refractivity (Wildman–Crippen MR) is 102 cm³/mol. The van der Waals surface area contributed by atoms with E-state index in [9.17, 15) is 22.8 Å². The van der Waals surface area contributed by atoms with E-state index >= 15 is 0 Å². The van der Waals surface area contributed by atoms with Crippen molar-refractivity contribution in [2.45, 2.75) is 44.6 Å². The summed E-state index contributed by atoms with van der Waals surface area (Å²) in [6.45, 7) is 4.88. The summed E-state index contributed by atoms with van der Waals surface area (Å²) >= 11 is 0. The Morgan fingerprint density at radius 1 is 1.14 bits per heavy atom. The summed E-state index contributed by atoms with van der Waals surface area (Å²) in [5.41, 5.74) is 0.923. The van der Waals surface area contributed by atoms with Gasteiger partial charge in [-0.1, -0.05) is 38.0 Å². The molecule has 0 aliphatic rings. The van der Waals surface area contributed by atoms with Crippen LogP contribution in [0.3, 0.4) is 0 Å². The molecule has 0 fully saturated rings. The van der Waals surface area contributed by atoms with Crippen LogP contribution in [0.15, 0.2) is 29.2 Å². The van der Waals surface area contributed by atoms with Gasteiger partial charge in [0.15, 0.2) is 16.4 Å². The molecule has 156 valence electrons. The predicted octanol–water partition coefficient (Wildman–Crippen LogP) is 1.41. The molecule has 0 aliphatic carbocycles. The van der Waals surface area contributed by atoms with Gasteiger partial charge in [0.2, 0.25) is 0 Å². The van der Waals surface area contributed by atoms with Crippen LogP contribution < -0.4 is 5.32 Å². The van der Waals surface area contributed by atoms with E-state index in [1.54, 1.807) is 19.1 Å². The van der Waals surface area contributed by atoms with Gasteiger partial charge < -0.3 is 14.8 Å². The fraction of sp³-hybridized carbons (Fsp3) is 0.526. The highest BCUT2D eigenvalue weighted by Crippen LogP contribution is 2.13. The topological polar surface area (TPSA) is 116 Å². The lowest BCUT2D eigenvalue weighted by molar-refractivity contribution is -0.150. The van der Waals surface area contributed by atoms with Crippen LogP contribution in [0, 0.1) is 12.8 Å². The molecule has 0 aromatic heterocycles. The Balaban J connectivity index is 2.52. The molecule has 0 spiro atoms. The van der Waals surface area contributed by atoms with E-state index in [2.05, 4.69) is 10.1 Å². The molecule has 0 radical (unpaired) electrons. The van der Waals surface area contributed by atoms with E-state index < -0.39 is 46.1 Å². The van der Waals surface area contributed by atoms with Gasteiger partial charge in [0, 0.05) is 0 Å². The number of nitrogens with one attached hydrogen (secondary N) is 1. The maximum atomic E-state index is 12.2. The van der Waals surface area contributed by atoms with Crippen LogP contribution in [-0.2, 0) is 33.7 Å². The zero-order valence-corrected chi connectivity index (χ0v) is 17.4. The lowest BCUT2D eigenvalue weighted by atomic mass is 9.99. The Bertz CT molecular complexity index is 787. The third kappa shape index (κ3) is 7.30. The monoisotopic (exact) mass is 413 g/mol. The van der Waals surface area contributed by atoms with Crippen LogP contribution >= 0.6 is 0 Å². The fourth-order valence-electron chi connectivity index (χ4n) is 2.31. The summed E-state index contributed by atoms with van der Waals surface area (Å²) < 4.78 is 33.9. The molecule has 1 amide bonds. The van der Waals surface area contributed by atoms with Crippen molar-refractivity contribution < 1.29 is 32.3 Å². The van der Waals surface area contributed by atoms with E-state index in [-0.39, 0.29) is 17.2 Å². The van der Waals surface area contributed by atoms with Crippen LogP contribution in [0.5, 0.6) is 0 Å². The summed E-state index contributed by atoms with van der Waals surface area (Å²) in [7, 11) is -2.40. The van der Waals surface area contributed by atoms with Gasteiger partial charge in [0.25, 0.3) is 5.91 Å². The van der Waals surface area contributed by atoms with Gasteiger partial charge in [-0.3, -0.25) is 9.59 Å². The van der Waals surface area contributed by atoms with Gasteiger partial charge in [0.1, 0.15) is 6.04 Å². The molecular formula is C19H27NO7S. The lowest BCUT2D eigenvalue weighted by Gasteiger charge is -2.21. The van der Waals surface area contributed by atoms with Crippen molar-refractivity contribution in [2.75, 3.05) is 19.5 Å². The first-order valence-corrected chi connectivity index (χ1v) is 10.6. The minimum atomic E-state index is -3.62. The molecule has 0 saturated carbocycles. The SMILES string of the molecule is CC[C@H](C)[C@@H](NC(=O)COC(=O)CCS(=O)(=O)c1ccc(C)cc1)C(=O)OC. The molecule has 0 saturated heterocycles. The van der Waals surface area contributed by atoms with Crippen molar-refractivity contribution in [2.24, 2.45) is 5.92 Å². The van der Waals surface area contributed by atoms with E-state index in [0.29, 0.717) is 6.42 Å². The average Bonchev–Trinajstić information content (AvgIpc) is 2.68. The maximum absolute atomic E-state index is 12.2. The smallest absolute Gasteiger partial charge is 0.328 e. The van der Waals surface area contributed by atoms with Gasteiger partial charge in [0.05, 0.1) is 24.2 Å². The zero-order chi connectivity index (χ0) is 21.3. The molecule has 8 nitrogen and oxygen atoms in total. The van der Waals surface area contributed by atoms with Crippen molar-refractivity contribution in [1.29, 1.82) is 0 Å². The number of sulfone groups is 1. The molecule has 1 aromatic carbocycles. The number of hydrogen-bond donors (Lipinski definition) is 1. The van der Waals surface area contributed by atoms with E-state index in [0.717, 1.165) is 5.56 Å². The quantitative estimate of drug-likeness (QED) is 0.577. The third-order valence-corrected chi connectivity index (χ3v) is 6.04. The van der Waals surface area contributed by atoms with Gasteiger partial charge in [-0.2, -0.15) is 0 Å². The highest BCUT2D eigenvalue weighted by molar-refractivity contribution is 7.91. The van der Waals surface area contributed by atoms with Gasteiger partial charge in [-0.25, -0.2) is 13.2 Å². The number of esters is 2. The standard InChI is InChI=1S/C19H27NO7S/c1-5-14(3)18(19(23)26-4)20-16(21)12-27-17(22)10-11-28(24,25)15-8-6-13(2)7-9-15/h6-9,14,18H,5,10-12H2,1-4H3,(H,20,21)/t14-,18+/m0/s1. The number of aryl methyl sites for hydroxylation is 1. The van der Waals surface area contributed by atoms with Crippen LogP contribution in [-0.4, -0.2) is 51.8 Å². The molecule has 1 aromatic rings. The van der Waals surface area contributed by atoms with Gasteiger partial charge >= 0.3 is 11.9 Å². The summed E-state index contributed by atoms with van der Waals surface area (Å²) in [6, 6.07) is 5.45. The molecule has 1 N–H and O–H groups in total. The van der Waals surface area contributed by atoms with Gasteiger partial charge in [-0.15, -0.1) is 0 Å². The molecular weight excluding hydrogens is 386 g/mol. The fourth-order valence-corrected chi connectivity index (χ4v) is 3.53. The first-order valence-electron chi connectivity index (χ1n) is 8.93. The van der Waals surface area contributed by atoms with Crippen molar-refractivity contribution in [3.05, 3.63) is 29.8 Å². The second-order valence-corrected chi connectivity index (χ2v) is 8.61. The lowest BCUT2D eigenvalue weighted by Crippen LogP contribution is -2.47. The Hall–Kier alpha value is -2.42. The number of carbonyl (C=O) groups is 3. The third-order valence-electron chi connectivity index (χ3n) is 4.30. The number of amides is 1. The molecule has 0 aliphatic heterocycles. The maximum Gasteiger partial charge on any atom is 0.328 e. The minimum absolute atomic E-state index is 0.123. The number of benzene rings is 1. The second kappa shape index (κ2) is 10.8. The molecule has 0 unspecified atom stereocenters. The Labute approximate surface area is 165 Å². The first-order chi connectivity index (χ1) is 13.1. The Morgan fingerprint density at radius 2 is 1.75 bits per heavy atom. The summed E-state index contributed by atoms with van der Waals surface area (Å²) in [5.74, 6) is -2.65. The summed E-state index contributed by atoms with van der Waals surface area (Å²) in [6.07, 6.45) is 0.256. The molecule has 0 heterocycles. The van der Waals surface area contributed by atoms with Crippen molar-refractivity contribution in [1.82, 2.24) is 5.32 Å². The van der Waals surface area contributed by atoms with E-state index in [1.165, 1.54) is 19.2 Å². The van der Waals surface area contributed by atoms with Crippen LogP contribution in [0.2, 0.25) is 0 Å². The average molecular weight is 413 g/mol. The molecule has 28 heavy (non-hydrogen) atoms. The molecule has 0 bridgehead atoms.